The van der Waals surface area contributed by atoms with Gasteiger partial charge in [0.15, 0.2) is 0 Å². The molecule has 0 saturated heterocycles. The molecule has 0 bridgehead atoms. The van der Waals surface area contributed by atoms with Crippen LogP contribution in [0.2, 0.25) is 0 Å². The van der Waals surface area contributed by atoms with Crippen LogP contribution in [0.1, 0.15) is 37.8 Å². The molecule has 2 aromatic rings. The molecule has 0 spiro atoms. The van der Waals surface area contributed by atoms with Crippen LogP contribution in [-0.2, 0) is 4.79 Å². The number of benzene rings is 1. The van der Waals surface area contributed by atoms with Crippen LogP contribution in [0.5, 0.6) is 0 Å². The Labute approximate surface area is 141 Å². The average Bonchev–Trinajstić information content (AvgIpc) is 2.98. The molecule has 1 aromatic heterocycles. The van der Waals surface area contributed by atoms with Crippen LogP contribution in [0, 0.1) is 13.8 Å². The van der Waals surface area contributed by atoms with Crippen LogP contribution < -0.4 is 5.32 Å². The zero-order chi connectivity index (χ0) is 16.8. The summed E-state index contributed by atoms with van der Waals surface area (Å²) in [6.07, 6.45) is 1.88. The second-order valence-electron chi connectivity index (χ2n) is 5.59. The molecule has 1 N–H and O–H groups in total. The minimum absolute atomic E-state index is 0.0127. The monoisotopic (exact) mass is 333 g/mol. The third kappa shape index (κ3) is 4.79. The van der Waals surface area contributed by atoms with Crippen LogP contribution >= 0.6 is 11.8 Å². The van der Waals surface area contributed by atoms with Crippen molar-refractivity contribution in [3.63, 3.8) is 0 Å². The molecule has 1 aromatic carbocycles. The van der Waals surface area contributed by atoms with E-state index in [1.54, 1.807) is 4.68 Å². The quantitative estimate of drug-likeness (QED) is 0.789. The summed E-state index contributed by atoms with van der Waals surface area (Å²) in [5.41, 5.74) is 3.21. The first-order valence-corrected chi connectivity index (χ1v) is 8.81. The molecule has 0 aliphatic rings. The molecular weight excluding hydrogens is 310 g/mol. The third-order valence-electron chi connectivity index (χ3n) is 3.57. The summed E-state index contributed by atoms with van der Waals surface area (Å²) < 4.78 is 1.68. The van der Waals surface area contributed by atoms with E-state index in [1.165, 1.54) is 11.8 Å². The smallest absolute Gasteiger partial charge is 0.230 e. The molecule has 7 heteroatoms. The van der Waals surface area contributed by atoms with Gasteiger partial charge in [-0.1, -0.05) is 31.7 Å². The maximum Gasteiger partial charge on any atom is 0.230 e. The molecule has 0 unspecified atom stereocenters. The van der Waals surface area contributed by atoms with Crippen molar-refractivity contribution in [1.29, 1.82) is 0 Å². The first kappa shape index (κ1) is 17.5. The van der Waals surface area contributed by atoms with Gasteiger partial charge in [-0.15, -0.1) is 5.10 Å². The number of amides is 1. The number of carbonyl (C=O) groups is 1. The fourth-order valence-electron chi connectivity index (χ4n) is 2.40. The van der Waals surface area contributed by atoms with E-state index >= 15 is 0 Å². The van der Waals surface area contributed by atoms with Crippen molar-refractivity contribution in [2.45, 2.75) is 51.7 Å². The van der Waals surface area contributed by atoms with Crippen molar-refractivity contribution >= 4 is 17.7 Å². The van der Waals surface area contributed by atoms with Crippen molar-refractivity contribution in [2.75, 3.05) is 5.75 Å². The normalized spacial score (nSPS) is 11.0. The number of carbonyl (C=O) groups excluding carboxylic acids is 1. The largest absolute Gasteiger partial charge is 0.353 e. The average molecular weight is 333 g/mol. The molecule has 6 nitrogen and oxygen atoms in total. The van der Waals surface area contributed by atoms with E-state index in [4.69, 9.17) is 0 Å². The summed E-state index contributed by atoms with van der Waals surface area (Å²) in [6, 6.07) is 6.39. The van der Waals surface area contributed by atoms with Gasteiger partial charge in [-0.25, -0.2) is 0 Å². The fraction of sp³-hybridized carbons (Fsp3) is 0.500. The first-order valence-electron chi connectivity index (χ1n) is 7.82. The SMILES string of the molecule is CCC(CC)NC(=O)CSc1nnnn1-c1cc(C)cc(C)c1. The van der Waals surface area contributed by atoms with Crippen molar-refractivity contribution in [1.82, 2.24) is 25.5 Å². The number of nitrogens with one attached hydrogen (secondary N) is 1. The van der Waals surface area contributed by atoms with Crippen molar-refractivity contribution < 1.29 is 4.79 Å². The number of hydrogen-bond donors (Lipinski definition) is 1. The van der Waals surface area contributed by atoms with Crippen LogP contribution in [0.15, 0.2) is 23.4 Å². The van der Waals surface area contributed by atoms with Crippen LogP contribution in [0.4, 0.5) is 0 Å². The van der Waals surface area contributed by atoms with Crippen LogP contribution in [0.25, 0.3) is 5.69 Å². The highest BCUT2D eigenvalue weighted by molar-refractivity contribution is 7.99. The van der Waals surface area contributed by atoms with Crippen molar-refractivity contribution in [2.24, 2.45) is 0 Å². The molecule has 0 atom stereocenters. The lowest BCUT2D eigenvalue weighted by Gasteiger charge is -2.14. The number of thioether (sulfide) groups is 1. The lowest BCUT2D eigenvalue weighted by Crippen LogP contribution is -2.35. The summed E-state index contributed by atoms with van der Waals surface area (Å²) in [7, 11) is 0. The topological polar surface area (TPSA) is 72.7 Å². The Morgan fingerprint density at radius 1 is 1.22 bits per heavy atom. The molecule has 1 heterocycles. The predicted molar refractivity (Wildman–Crippen MR) is 91.9 cm³/mol. The Balaban J connectivity index is 2.05. The number of aromatic nitrogens is 4. The number of tetrazole rings is 1. The van der Waals surface area contributed by atoms with Gasteiger partial charge in [0.05, 0.1) is 11.4 Å². The van der Waals surface area contributed by atoms with E-state index in [0.29, 0.717) is 10.9 Å². The fourth-order valence-corrected chi connectivity index (χ4v) is 3.10. The van der Waals surface area contributed by atoms with Gasteiger partial charge in [-0.05, 0) is 60.4 Å². The Morgan fingerprint density at radius 3 is 2.48 bits per heavy atom. The van der Waals surface area contributed by atoms with Gasteiger partial charge >= 0.3 is 0 Å². The number of nitrogens with zero attached hydrogens (tertiary/aromatic N) is 4. The number of aryl methyl sites for hydroxylation is 2. The lowest BCUT2D eigenvalue weighted by atomic mass is 10.1. The van der Waals surface area contributed by atoms with E-state index in [1.807, 2.05) is 26.0 Å². The van der Waals surface area contributed by atoms with E-state index in [0.717, 1.165) is 29.7 Å². The maximum absolute atomic E-state index is 12.0. The molecule has 0 aliphatic heterocycles. The molecule has 0 fully saturated rings. The minimum Gasteiger partial charge on any atom is -0.353 e. The highest BCUT2D eigenvalue weighted by atomic mass is 32.2. The van der Waals surface area contributed by atoms with Gasteiger partial charge < -0.3 is 5.32 Å². The highest BCUT2D eigenvalue weighted by Gasteiger charge is 2.13. The molecule has 1 amide bonds. The molecule has 0 saturated carbocycles. The Kier molecular flexibility index (Phi) is 6.15. The Morgan fingerprint density at radius 2 is 1.87 bits per heavy atom. The number of rotatable bonds is 7. The standard InChI is InChI=1S/C16H23N5OS/c1-5-13(6-2)17-15(22)10-23-16-18-19-20-21(16)14-8-11(3)7-12(4)9-14/h7-9,13H,5-6,10H2,1-4H3,(H,17,22). The summed E-state index contributed by atoms with van der Waals surface area (Å²) in [6.45, 7) is 8.22. The zero-order valence-corrected chi connectivity index (χ0v) is 14.9. The summed E-state index contributed by atoms with van der Waals surface area (Å²) >= 11 is 1.35. The first-order chi connectivity index (χ1) is 11.0. The van der Waals surface area contributed by atoms with Gasteiger partial charge in [0.2, 0.25) is 11.1 Å². The molecule has 124 valence electrons. The minimum atomic E-state index is 0.0127. The van der Waals surface area contributed by atoms with E-state index in [-0.39, 0.29) is 11.9 Å². The van der Waals surface area contributed by atoms with E-state index in [2.05, 4.69) is 40.8 Å². The summed E-state index contributed by atoms with van der Waals surface area (Å²) in [5, 5.41) is 15.4. The second-order valence-corrected chi connectivity index (χ2v) is 6.53. The Hall–Kier alpha value is -1.89. The molecule has 23 heavy (non-hydrogen) atoms. The maximum atomic E-state index is 12.0. The second kappa shape index (κ2) is 8.10. The zero-order valence-electron chi connectivity index (χ0n) is 14.0. The summed E-state index contributed by atoms with van der Waals surface area (Å²) in [5.74, 6) is 0.320. The predicted octanol–water partition coefficient (Wildman–Crippen LogP) is 2.68. The molecule has 0 radical (unpaired) electrons. The van der Waals surface area contributed by atoms with E-state index in [9.17, 15) is 4.79 Å². The molecule has 0 aliphatic carbocycles. The van der Waals surface area contributed by atoms with Gasteiger partial charge in [0.25, 0.3) is 0 Å². The van der Waals surface area contributed by atoms with Gasteiger partial charge in [0, 0.05) is 6.04 Å². The lowest BCUT2D eigenvalue weighted by molar-refractivity contribution is -0.119. The van der Waals surface area contributed by atoms with Gasteiger partial charge in [-0.3, -0.25) is 4.79 Å². The molecular formula is C16H23N5OS. The van der Waals surface area contributed by atoms with Crippen LogP contribution in [-0.4, -0.2) is 37.9 Å². The number of hydrogen-bond acceptors (Lipinski definition) is 5. The van der Waals surface area contributed by atoms with Crippen LogP contribution in [0.3, 0.4) is 0 Å². The van der Waals surface area contributed by atoms with Gasteiger partial charge in [-0.2, -0.15) is 4.68 Å². The van der Waals surface area contributed by atoms with Crippen molar-refractivity contribution in [3.8, 4) is 5.69 Å². The summed E-state index contributed by atoms with van der Waals surface area (Å²) in [4.78, 5) is 12.0. The van der Waals surface area contributed by atoms with Gasteiger partial charge in [0.1, 0.15) is 0 Å². The molecule has 2 rings (SSSR count). The Bertz CT molecular complexity index is 646. The highest BCUT2D eigenvalue weighted by Crippen LogP contribution is 2.20. The van der Waals surface area contributed by atoms with Crippen molar-refractivity contribution in [3.05, 3.63) is 29.3 Å². The van der Waals surface area contributed by atoms with E-state index < -0.39 is 0 Å². The third-order valence-corrected chi connectivity index (χ3v) is 4.49.